The summed E-state index contributed by atoms with van der Waals surface area (Å²) in [4.78, 5) is 131. The van der Waals surface area contributed by atoms with Gasteiger partial charge in [-0.1, -0.05) is 128 Å². The molecule has 0 spiro atoms. The van der Waals surface area contributed by atoms with Gasteiger partial charge in [0, 0.05) is 25.8 Å². The lowest BCUT2D eigenvalue weighted by atomic mass is 9.85. The second-order valence-electron chi connectivity index (χ2n) is 18.9. The fraction of sp³-hybridized carbons (Fsp3) is 0.540. The zero-order valence-electron chi connectivity index (χ0n) is 41.6. The van der Waals surface area contributed by atoms with E-state index in [4.69, 9.17) is 17.3 Å². The predicted molar refractivity (Wildman–Crippen MR) is 266 cm³/mol. The average molecular weight is 1010 g/mol. The van der Waals surface area contributed by atoms with Crippen LogP contribution in [0.15, 0.2) is 54.6 Å². The van der Waals surface area contributed by atoms with Gasteiger partial charge >= 0.3 is 17.9 Å². The Morgan fingerprint density at radius 3 is 1.72 bits per heavy atom. The number of Topliss-reactive ketones (excluding diaryl/α,β-unsaturated/α-hetero) is 1. The molecule has 0 bridgehead atoms. The molecule has 0 aliphatic rings. The third kappa shape index (κ3) is 22.7. The van der Waals surface area contributed by atoms with E-state index in [0.717, 1.165) is 24.0 Å². The molecular formula is C50H71N7O13S. The van der Waals surface area contributed by atoms with Crippen LogP contribution in [0.3, 0.4) is 0 Å². The summed E-state index contributed by atoms with van der Waals surface area (Å²) in [6, 6.07) is 7.71. The van der Waals surface area contributed by atoms with E-state index in [9.17, 15) is 58.2 Å². The van der Waals surface area contributed by atoms with Crippen molar-refractivity contribution >= 4 is 76.3 Å². The Kier molecular flexibility index (Phi) is 25.6. The van der Waals surface area contributed by atoms with Crippen molar-refractivity contribution in [3.8, 4) is 0 Å². The number of unbranched alkanes of at least 4 members (excludes halogenated alkanes) is 2. The third-order valence-electron chi connectivity index (χ3n) is 11.2. The number of carbonyl (C=O) groups excluding carboxylic acids is 7. The molecule has 0 fully saturated rings. The van der Waals surface area contributed by atoms with Gasteiger partial charge in [0.2, 0.25) is 41.2 Å². The molecule has 71 heavy (non-hydrogen) atoms. The second-order valence-corrected chi connectivity index (χ2v) is 19.3. The monoisotopic (exact) mass is 1010 g/mol. The van der Waals surface area contributed by atoms with Gasteiger partial charge in [0.1, 0.15) is 35.2 Å². The molecule has 0 radical (unpaired) electrons. The summed E-state index contributed by atoms with van der Waals surface area (Å²) in [7, 11) is 0. The maximum atomic E-state index is 14.5. The molecule has 6 amide bonds. The first-order valence-corrected chi connectivity index (χ1v) is 24.1. The molecule has 0 saturated carbocycles. The van der Waals surface area contributed by atoms with Gasteiger partial charge in [-0.05, 0) is 54.2 Å². The Morgan fingerprint density at radius 1 is 0.592 bits per heavy atom. The minimum absolute atomic E-state index is 0.0561. The summed E-state index contributed by atoms with van der Waals surface area (Å²) in [6.45, 7) is 12.7. The zero-order chi connectivity index (χ0) is 53.4. The molecule has 0 aliphatic carbocycles. The summed E-state index contributed by atoms with van der Waals surface area (Å²) in [6.07, 6.45) is -0.918. The number of nitrogens with one attached hydrogen (secondary N) is 7. The highest BCUT2D eigenvalue weighted by Gasteiger charge is 2.39. The molecule has 10 N–H and O–H groups in total. The number of thiocarbonyl (C=S) groups is 1. The molecule has 2 rings (SSSR count). The van der Waals surface area contributed by atoms with Crippen molar-refractivity contribution in [3.05, 3.63) is 71.3 Å². The number of aryl methyl sites for hydroxylation is 1. The van der Waals surface area contributed by atoms with Crippen molar-refractivity contribution in [2.24, 2.45) is 11.3 Å². The van der Waals surface area contributed by atoms with Crippen LogP contribution in [0.25, 0.3) is 0 Å². The van der Waals surface area contributed by atoms with Gasteiger partial charge in [-0.2, -0.15) is 0 Å². The molecule has 0 aliphatic heterocycles. The molecule has 0 unspecified atom stereocenters. The maximum absolute atomic E-state index is 14.5. The molecule has 6 atom stereocenters. The van der Waals surface area contributed by atoms with Crippen LogP contribution in [0, 0.1) is 18.3 Å². The number of carbonyl (C=O) groups is 10. The number of carboxylic acid groups (broad SMARTS) is 3. The lowest BCUT2D eigenvalue weighted by Gasteiger charge is -2.34. The summed E-state index contributed by atoms with van der Waals surface area (Å²) in [5.74, 6) is -10.4. The van der Waals surface area contributed by atoms with E-state index in [1.54, 1.807) is 52.0 Å². The fourth-order valence-electron chi connectivity index (χ4n) is 7.26. The summed E-state index contributed by atoms with van der Waals surface area (Å²) in [5, 5.41) is 46.2. The smallest absolute Gasteiger partial charge is 0.305 e. The molecule has 0 saturated heterocycles. The Bertz CT molecular complexity index is 2200. The largest absolute Gasteiger partial charge is 0.481 e. The lowest BCUT2D eigenvalue weighted by Crippen LogP contribution is -2.62. The molecule has 0 aromatic heterocycles. The minimum Gasteiger partial charge on any atom is -0.481 e. The third-order valence-corrected chi connectivity index (χ3v) is 11.5. The maximum Gasteiger partial charge on any atom is 0.305 e. The van der Waals surface area contributed by atoms with Crippen molar-refractivity contribution in [1.82, 2.24) is 37.2 Å². The quantitative estimate of drug-likeness (QED) is 0.0384. The van der Waals surface area contributed by atoms with Crippen molar-refractivity contribution in [3.63, 3.8) is 0 Å². The first kappa shape index (κ1) is 60.4. The summed E-state index contributed by atoms with van der Waals surface area (Å²) < 4.78 is 0. The summed E-state index contributed by atoms with van der Waals surface area (Å²) >= 11 is 5.47. The van der Waals surface area contributed by atoms with Crippen LogP contribution in [-0.4, -0.2) is 116 Å². The first-order chi connectivity index (χ1) is 33.3. The van der Waals surface area contributed by atoms with Gasteiger partial charge in [-0.3, -0.25) is 47.9 Å². The number of hydrogen-bond donors (Lipinski definition) is 10. The Labute approximate surface area is 420 Å². The standard InChI is InChI=1S/C50H71N7O13S/c1-8-9-11-20-33(42(65)49(71)51-28-31-17-12-10-13-18-31)53-45(67)35(25-29(2)3)56-48(70)43(50(5,6)7)57-47(69)36(26-32-19-15-14-16-30(32)4)55-44(66)34(21-23-39(59)60)54-46(68)37(27-41(63)64)52-38(58)22-24-40(61)62/h10,12-19,29,33-37,43H,8-9,11,20-28H2,1-7H3,(H,51,71)(H,52,58)(H,53,67)(H,54,68)(H,55,66)(H,56,70)(H,57,69)(H,59,60)(H,61,62)(H,63,64)/t33-,34-,35-,36-,37-,43+/m0/s1. The Balaban J connectivity index is 2.47. The molecule has 390 valence electrons. The highest BCUT2D eigenvalue weighted by atomic mass is 32.1. The van der Waals surface area contributed by atoms with Crippen LogP contribution in [0.1, 0.15) is 122 Å². The molecule has 21 heteroatoms. The molecule has 20 nitrogen and oxygen atoms in total. The van der Waals surface area contributed by atoms with Gasteiger partial charge in [0.15, 0.2) is 0 Å². The van der Waals surface area contributed by atoms with Crippen LogP contribution in [-0.2, 0) is 60.9 Å². The van der Waals surface area contributed by atoms with Crippen LogP contribution in [0.5, 0.6) is 0 Å². The highest BCUT2D eigenvalue weighted by molar-refractivity contribution is 7.82. The van der Waals surface area contributed by atoms with Crippen molar-refractivity contribution < 1.29 is 63.3 Å². The zero-order valence-corrected chi connectivity index (χ0v) is 42.4. The van der Waals surface area contributed by atoms with E-state index < -0.39 is 133 Å². The topological polar surface area (TPSA) is 316 Å². The number of rotatable bonds is 31. The van der Waals surface area contributed by atoms with Crippen LogP contribution in [0.2, 0.25) is 0 Å². The average Bonchev–Trinajstić information content (AvgIpc) is 3.29. The highest BCUT2D eigenvalue weighted by Crippen LogP contribution is 2.21. The van der Waals surface area contributed by atoms with Gasteiger partial charge in [-0.15, -0.1) is 0 Å². The van der Waals surface area contributed by atoms with Gasteiger partial charge < -0.3 is 52.5 Å². The molecule has 2 aromatic carbocycles. The number of ketones is 1. The van der Waals surface area contributed by atoms with Gasteiger partial charge in [0.05, 0.1) is 18.9 Å². The van der Waals surface area contributed by atoms with Crippen molar-refractivity contribution in [2.75, 3.05) is 0 Å². The van der Waals surface area contributed by atoms with Gasteiger partial charge in [0.25, 0.3) is 0 Å². The second kappa shape index (κ2) is 30.1. The number of aliphatic carboxylic acids is 3. The van der Waals surface area contributed by atoms with Crippen LogP contribution < -0.4 is 37.2 Å². The van der Waals surface area contributed by atoms with Gasteiger partial charge in [-0.25, -0.2) is 0 Å². The fourth-order valence-corrected chi connectivity index (χ4v) is 7.47. The van der Waals surface area contributed by atoms with Crippen molar-refractivity contribution in [2.45, 2.75) is 162 Å². The van der Waals surface area contributed by atoms with E-state index in [1.165, 1.54) is 0 Å². The van der Waals surface area contributed by atoms with Crippen LogP contribution in [0.4, 0.5) is 0 Å². The number of benzene rings is 2. The van der Waals surface area contributed by atoms with E-state index in [1.807, 2.05) is 51.1 Å². The van der Waals surface area contributed by atoms with E-state index >= 15 is 0 Å². The van der Waals surface area contributed by atoms with E-state index in [0.29, 0.717) is 18.5 Å². The number of carboxylic acids is 3. The summed E-state index contributed by atoms with van der Waals surface area (Å²) in [5.41, 5.74) is 1.17. The lowest BCUT2D eigenvalue weighted by molar-refractivity contribution is -0.142. The molecule has 2 aromatic rings. The molecular weight excluding hydrogens is 939 g/mol. The number of hydrogen-bond acceptors (Lipinski definition) is 11. The van der Waals surface area contributed by atoms with E-state index in [2.05, 4.69) is 37.2 Å². The molecule has 0 heterocycles. The van der Waals surface area contributed by atoms with E-state index in [-0.39, 0.29) is 30.2 Å². The SMILES string of the molecule is CCCCC[C@H](NC(=O)[C@H](CC(C)C)NC(=O)[C@@H](NC(=O)[C@H](Cc1ccccc1C)NC(=O)[C@H](CCC(=O)O)NC(=O)[C@H](CC(=O)O)NC(=O)CCC(=O)O)C(C)(C)C)C(=O)C(=S)NCc1ccccc1. The minimum atomic E-state index is -1.81. The van der Waals surface area contributed by atoms with Crippen LogP contribution >= 0.6 is 12.2 Å². The predicted octanol–water partition coefficient (Wildman–Crippen LogP) is 3.01. The van der Waals surface area contributed by atoms with Crippen molar-refractivity contribution in [1.29, 1.82) is 0 Å². The normalized spacial score (nSPS) is 13.7. The Morgan fingerprint density at radius 2 is 1.14 bits per heavy atom. The number of amides is 6. The Hall–Kier alpha value is -6.77. The first-order valence-electron chi connectivity index (χ1n) is 23.7.